The van der Waals surface area contributed by atoms with Crippen LogP contribution >= 0.6 is 69.6 Å². The molecular weight excluding hydrogens is 337 g/mol. The molecule has 0 fully saturated rings. The number of carbonyl (C=O) groups is 1. The number of rotatable bonds is 1. The SMILES string of the molecule is O=C(c1cccc(C(Cl)(Cl)Cl)c1)C(Cl)(Cl)Cl. The number of ketones is 1. The van der Waals surface area contributed by atoms with Crippen LogP contribution in [0.3, 0.4) is 0 Å². The first-order valence-corrected chi connectivity index (χ1v) is 6.18. The second-order valence-electron chi connectivity index (χ2n) is 2.91. The van der Waals surface area contributed by atoms with Gasteiger partial charge in [-0.1, -0.05) is 87.8 Å². The summed E-state index contributed by atoms with van der Waals surface area (Å²) in [5.41, 5.74) is 0.501. The molecule has 1 aromatic rings. The molecule has 0 aromatic heterocycles. The highest BCUT2D eigenvalue weighted by Gasteiger charge is 2.32. The Hall–Kier alpha value is 0.630. The number of carbonyl (C=O) groups excluding carboxylic acids is 1. The van der Waals surface area contributed by atoms with Gasteiger partial charge in [0.1, 0.15) is 0 Å². The van der Waals surface area contributed by atoms with Crippen molar-refractivity contribution in [3.63, 3.8) is 0 Å². The van der Waals surface area contributed by atoms with Crippen molar-refractivity contribution >= 4 is 75.4 Å². The minimum Gasteiger partial charge on any atom is -0.289 e. The van der Waals surface area contributed by atoms with Gasteiger partial charge in [-0.3, -0.25) is 4.79 Å². The molecule has 0 N–H and O–H groups in total. The van der Waals surface area contributed by atoms with Crippen LogP contribution in [0.25, 0.3) is 0 Å². The highest BCUT2D eigenvalue weighted by molar-refractivity contribution is 6.77. The Morgan fingerprint density at radius 3 is 2.00 bits per heavy atom. The predicted octanol–water partition coefficient (Wildman–Crippen LogP) is 5.07. The van der Waals surface area contributed by atoms with Gasteiger partial charge in [0.25, 0.3) is 3.79 Å². The number of hydrogen-bond donors (Lipinski definition) is 0. The lowest BCUT2D eigenvalue weighted by atomic mass is 10.1. The molecule has 7 heteroatoms. The van der Waals surface area contributed by atoms with E-state index in [9.17, 15) is 4.79 Å². The zero-order chi connectivity index (χ0) is 12.6. The number of halogens is 6. The summed E-state index contributed by atoms with van der Waals surface area (Å²) < 4.78 is -3.64. The van der Waals surface area contributed by atoms with Crippen LogP contribution in [-0.4, -0.2) is 9.58 Å². The minimum atomic E-state index is -2.02. The molecule has 0 radical (unpaired) electrons. The lowest BCUT2D eigenvalue weighted by Crippen LogP contribution is -2.19. The molecule has 0 spiro atoms. The summed E-state index contributed by atoms with van der Waals surface area (Å²) in [6, 6.07) is 5.95. The molecule has 0 heterocycles. The molecule has 0 bridgehead atoms. The van der Waals surface area contributed by atoms with Crippen LogP contribution in [0.15, 0.2) is 24.3 Å². The van der Waals surface area contributed by atoms with Crippen molar-refractivity contribution < 1.29 is 4.79 Å². The van der Waals surface area contributed by atoms with Crippen LogP contribution < -0.4 is 0 Å². The molecule has 16 heavy (non-hydrogen) atoms. The monoisotopic (exact) mass is 338 g/mol. The highest BCUT2D eigenvalue weighted by Crippen LogP contribution is 2.39. The largest absolute Gasteiger partial charge is 0.289 e. The van der Waals surface area contributed by atoms with E-state index in [1.165, 1.54) is 12.1 Å². The topological polar surface area (TPSA) is 17.1 Å². The van der Waals surface area contributed by atoms with Crippen molar-refractivity contribution in [1.29, 1.82) is 0 Å². The zero-order valence-corrected chi connectivity index (χ0v) is 12.0. The molecule has 1 rings (SSSR count). The standard InChI is InChI=1S/C9H4Cl6O/c10-8(11,12)6-3-1-2-5(4-6)7(16)9(13,14)15/h1-4H. The van der Waals surface area contributed by atoms with Crippen molar-refractivity contribution in [2.75, 3.05) is 0 Å². The molecule has 0 unspecified atom stereocenters. The second kappa shape index (κ2) is 5.09. The maximum Gasteiger partial charge on any atom is 0.253 e. The first-order valence-electron chi connectivity index (χ1n) is 3.91. The van der Waals surface area contributed by atoms with Crippen LogP contribution in [0.5, 0.6) is 0 Å². The van der Waals surface area contributed by atoms with Crippen LogP contribution in [0, 0.1) is 0 Å². The van der Waals surface area contributed by atoms with Gasteiger partial charge in [-0.25, -0.2) is 0 Å². The van der Waals surface area contributed by atoms with Crippen molar-refractivity contribution in [3.05, 3.63) is 35.4 Å². The number of hydrogen-bond acceptors (Lipinski definition) is 1. The van der Waals surface area contributed by atoms with Gasteiger partial charge in [-0.15, -0.1) is 0 Å². The smallest absolute Gasteiger partial charge is 0.253 e. The molecule has 0 aliphatic rings. The summed E-state index contributed by atoms with van der Waals surface area (Å²) in [5.74, 6) is -0.673. The Bertz CT molecular complexity index is 403. The van der Waals surface area contributed by atoms with Gasteiger partial charge in [-0.2, -0.15) is 0 Å². The van der Waals surface area contributed by atoms with Gasteiger partial charge in [0, 0.05) is 11.1 Å². The molecule has 1 nitrogen and oxygen atoms in total. The Morgan fingerprint density at radius 2 is 1.56 bits per heavy atom. The number of Topliss-reactive ketones (excluding diaryl/α,β-unsaturated/α-hetero) is 1. The van der Waals surface area contributed by atoms with Crippen LogP contribution in [0.4, 0.5) is 0 Å². The summed E-state index contributed by atoms with van der Waals surface area (Å²) in [5, 5.41) is 0. The van der Waals surface area contributed by atoms with E-state index in [1.54, 1.807) is 12.1 Å². The van der Waals surface area contributed by atoms with E-state index in [4.69, 9.17) is 69.6 Å². The van der Waals surface area contributed by atoms with Gasteiger partial charge in [0.2, 0.25) is 9.58 Å². The van der Waals surface area contributed by atoms with E-state index in [-0.39, 0.29) is 5.56 Å². The van der Waals surface area contributed by atoms with E-state index in [0.29, 0.717) is 5.56 Å². The van der Waals surface area contributed by atoms with Crippen LogP contribution in [0.1, 0.15) is 15.9 Å². The molecule has 0 aliphatic heterocycles. The molecule has 0 amide bonds. The fourth-order valence-corrected chi connectivity index (χ4v) is 1.68. The van der Waals surface area contributed by atoms with Gasteiger partial charge < -0.3 is 0 Å². The first kappa shape index (κ1) is 14.7. The summed E-state index contributed by atoms with van der Waals surface area (Å²) >= 11 is 33.4. The number of alkyl halides is 6. The first-order chi connectivity index (χ1) is 7.12. The van der Waals surface area contributed by atoms with Crippen molar-refractivity contribution in [2.45, 2.75) is 7.59 Å². The van der Waals surface area contributed by atoms with E-state index < -0.39 is 13.4 Å². The summed E-state index contributed by atoms with van der Waals surface area (Å²) in [6.07, 6.45) is 0. The molecule has 0 saturated heterocycles. The van der Waals surface area contributed by atoms with Gasteiger partial charge in [0.15, 0.2) is 0 Å². The maximum atomic E-state index is 11.6. The lowest BCUT2D eigenvalue weighted by molar-refractivity contribution is 0.0996. The van der Waals surface area contributed by atoms with E-state index in [2.05, 4.69) is 0 Å². The third-order valence-corrected chi connectivity index (χ3v) is 2.88. The quantitative estimate of drug-likeness (QED) is 0.515. The zero-order valence-electron chi connectivity index (χ0n) is 7.49. The Balaban J connectivity index is 3.14. The van der Waals surface area contributed by atoms with Crippen molar-refractivity contribution in [3.8, 4) is 0 Å². The van der Waals surface area contributed by atoms with Crippen molar-refractivity contribution in [2.24, 2.45) is 0 Å². The van der Waals surface area contributed by atoms with Gasteiger partial charge >= 0.3 is 0 Å². The molecule has 0 saturated carbocycles. The summed E-state index contributed by atoms with van der Waals surface area (Å²) in [4.78, 5) is 11.6. The van der Waals surface area contributed by atoms with Gasteiger partial charge in [0.05, 0.1) is 0 Å². The maximum absolute atomic E-state index is 11.6. The average molecular weight is 341 g/mol. The fourth-order valence-electron chi connectivity index (χ4n) is 1.00. The van der Waals surface area contributed by atoms with Crippen LogP contribution in [-0.2, 0) is 3.79 Å². The Morgan fingerprint density at radius 1 is 1.00 bits per heavy atom. The molecular formula is C9H4Cl6O. The molecule has 88 valence electrons. The Kier molecular flexibility index (Phi) is 4.68. The average Bonchev–Trinajstić information content (AvgIpc) is 2.14. The summed E-state index contributed by atoms with van der Waals surface area (Å²) in [7, 11) is 0. The summed E-state index contributed by atoms with van der Waals surface area (Å²) in [6.45, 7) is 0. The van der Waals surface area contributed by atoms with E-state index in [1.807, 2.05) is 0 Å². The third-order valence-electron chi connectivity index (χ3n) is 1.71. The molecule has 0 atom stereocenters. The fraction of sp³-hybridized carbons (Fsp3) is 0.222. The van der Waals surface area contributed by atoms with Gasteiger partial charge in [-0.05, 0) is 6.07 Å². The minimum absolute atomic E-state index is 0.170. The highest BCUT2D eigenvalue weighted by atomic mass is 35.6. The lowest BCUT2D eigenvalue weighted by Gasteiger charge is -2.14. The molecule has 0 aliphatic carbocycles. The van der Waals surface area contributed by atoms with Crippen molar-refractivity contribution in [1.82, 2.24) is 0 Å². The normalized spacial score (nSPS) is 12.6. The Labute approximate surface area is 123 Å². The van der Waals surface area contributed by atoms with E-state index in [0.717, 1.165) is 0 Å². The second-order valence-corrected chi connectivity index (χ2v) is 7.47. The van der Waals surface area contributed by atoms with Crippen LogP contribution in [0.2, 0.25) is 0 Å². The predicted molar refractivity (Wildman–Crippen MR) is 70.3 cm³/mol. The van der Waals surface area contributed by atoms with E-state index >= 15 is 0 Å². The molecule has 1 aromatic carbocycles. The number of benzene rings is 1. The third kappa shape index (κ3) is 3.83.